The number of hydrogen-bond donors (Lipinski definition) is 3. The maximum absolute atomic E-state index is 13.6. The fourth-order valence-electron chi connectivity index (χ4n) is 8.28. The molecule has 0 spiro atoms. The first-order chi connectivity index (χ1) is 35.3. The van der Waals surface area contributed by atoms with Crippen LogP contribution in [0.25, 0.3) is 66.8 Å². The second-order valence-corrected chi connectivity index (χ2v) is 17.9. The molecule has 2 heterocycles. The molecule has 74 heavy (non-hydrogen) atoms. The van der Waals surface area contributed by atoms with Gasteiger partial charge in [-0.05, 0) is 164 Å². The SMILES string of the molecule is CNC(=O)c1c(-c2ccc(F)cc2)oc2cc(CCC(=O)OC)c(-c3cccc(C(=O)O)c3)cc12.CNC(=O)c1c(-c2ccc(F)cc2)oc2cc(CCC(=O)OC)c(-c3cccc(C(=O)OC(C)(C)C)c3)cc12. The van der Waals surface area contributed by atoms with E-state index in [4.69, 9.17) is 23.0 Å². The number of carbonyl (C=O) groups is 6. The van der Waals surface area contributed by atoms with E-state index in [-0.39, 0.29) is 41.6 Å². The Kier molecular flexibility index (Phi) is 16.2. The number of carbonyl (C=O) groups excluding carboxylic acids is 5. The van der Waals surface area contributed by atoms with Crippen molar-refractivity contribution in [1.29, 1.82) is 0 Å². The molecular weight excluding hydrogens is 955 g/mol. The topological polar surface area (TPSA) is 201 Å². The number of nitrogens with one attached hydrogen (secondary N) is 2. The summed E-state index contributed by atoms with van der Waals surface area (Å²) in [5.74, 6) is -3.33. The predicted molar refractivity (Wildman–Crippen MR) is 274 cm³/mol. The van der Waals surface area contributed by atoms with Crippen LogP contribution in [-0.2, 0) is 36.6 Å². The molecule has 8 rings (SSSR count). The molecule has 6 aromatic carbocycles. The highest BCUT2D eigenvalue weighted by molar-refractivity contribution is 6.13. The lowest BCUT2D eigenvalue weighted by atomic mass is 9.92. The van der Waals surface area contributed by atoms with E-state index in [1.807, 2.05) is 12.1 Å². The monoisotopic (exact) mass is 1010 g/mol. The van der Waals surface area contributed by atoms with Gasteiger partial charge in [0.2, 0.25) is 0 Å². The molecule has 0 unspecified atom stereocenters. The van der Waals surface area contributed by atoms with Gasteiger partial charge in [-0.1, -0.05) is 24.3 Å². The molecule has 0 bridgehead atoms. The maximum atomic E-state index is 13.6. The Morgan fingerprint density at radius 3 is 1.34 bits per heavy atom. The van der Waals surface area contributed by atoms with Crippen LogP contribution in [0, 0.1) is 11.6 Å². The van der Waals surface area contributed by atoms with Crippen LogP contribution in [0.2, 0.25) is 0 Å². The first kappa shape index (κ1) is 52.9. The summed E-state index contributed by atoms with van der Waals surface area (Å²) in [7, 11) is 5.65. The molecular formula is C58H52F2N2O12. The summed E-state index contributed by atoms with van der Waals surface area (Å²) < 4.78 is 54.5. The van der Waals surface area contributed by atoms with Gasteiger partial charge < -0.3 is 38.8 Å². The fourth-order valence-corrected chi connectivity index (χ4v) is 8.28. The third kappa shape index (κ3) is 12.0. The van der Waals surface area contributed by atoms with Gasteiger partial charge in [-0.15, -0.1) is 0 Å². The van der Waals surface area contributed by atoms with E-state index in [1.54, 1.807) is 81.4 Å². The van der Waals surface area contributed by atoms with Crippen molar-refractivity contribution in [3.63, 3.8) is 0 Å². The van der Waals surface area contributed by atoms with Gasteiger partial charge in [0.1, 0.15) is 39.9 Å². The summed E-state index contributed by atoms with van der Waals surface area (Å²) in [4.78, 5) is 74.1. The molecule has 2 amide bonds. The molecule has 3 N–H and O–H groups in total. The number of fused-ring (bicyclic) bond motifs is 2. The fraction of sp³-hybridized carbons (Fsp3) is 0.207. The van der Waals surface area contributed by atoms with Crippen LogP contribution < -0.4 is 10.6 Å². The lowest BCUT2D eigenvalue weighted by Gasteiger charge is -2.19. The number of hydrogen-bond acceptors (Lipinski definition) is 11. The Bertz CT molecular complexity index is 3440. The lowest BCUT2D eigenvalue weighted by molar-refractivity contribution is -0.141. The Morgan fingerprint density at radius 1 is 0.554 bits per heavy atom. The van der Waals surface area contributed by atoms with Crippen LogP contribution in [0.5, 0.6) is 0 Å². The number of methoxy groups -OCH3 is 2. The van der Waals surface area contributed by atoms with Crippen molar-refractivity contribution in [2.75, 3.05) is 28.3 Å². The average molecular weight is 1010 g/mol. The van der Waals surface area contributed by atoms with Gasteiger partial charge in [-0.2, -0.15) is 0 Å². The van der Waals surface area contributed by atoms with Gasteiger partial charge in [-0.3, -0.25) is 19.2 Å². The molecule has 0 aliphatic heterocycles. The highest BCUT2D eigenvalue weighted by atomic mass is 19.1. The van der Waals surface area contributed by atoms with Crippen LogP contribution in [0.15, 0.2) is 130 Å². The van der Waals surface area contributed by atoms with Crippen molar-refractivity contribution in [3.8, 4) is 44.9 Å². The van der Waals surface area contributed by atoms with E-state index in [9.17, 15) is 42.7 Å². The molecule has 14 nitrogen and oxygen atoms in total. The van der Waals surface area contributed by atoms with Crippen LogP contribution in [0.1, 0.15) is 86.2 Å². The van der Waals surface area contributed by atoms with Gasteiger partial charge in [0.15, 0.2) is 0 Å². The number of carboxylic acids is 1. The average Bonchev–Trinajstić information content (AvgIpc) is 3.96. The van der Waals surface area contributed by atoms with Crippen molar-refractivity contribution in [1.82, 2.24) is 10.6 Å². The largest absolute Gasteiger partial charge is 0.478 e. The van der Waals surface area contributed by atoms with Crippen LogP contribution in [0.3, 0.4) is 0 Å². The Balaban J connectivity index is 0.000000217. The van der Waals surface area contributed by atoms with E-state index < -0.39 is 41.1 Å². The lowest BCUT2D eigenvalue weighted by Crippen LogP contribution is -2.23. The number of rotatable bonds is 14. The standard InChI is InChI=1S/C31H30FNO6.C27H22FNO6/c1-31(2,3)39-30(36)21-8-6-7-19(15-21)23-17-24-25(16-20(23)11-14-26(34)37-5)38-28(27(24)29(35)33-4)18-9-12-22(32)13-10-18;1-29-26(31)24-21-14-20(16-4-3-5-18(12-16)27(32)33)17(8-11-23(30)34-2)13-22(21)35-25(24)15-6-9-19(28)10-7-15/h6-10,12-13,15-17H,11,14H2,1-5H3,(H,33,35);3-7,9-10,12-14H,8,11H2,1-2H3,(H,29,31)(H,32,33). The third-order valence-electron chi connectivity index (χ3n) is 11.8. The summed E-state index contributed by atoms with van der Waals surface area (Å²) in [6.07, 6.45) is 0.851. The van der Waals surface area contributed by atoms with E-state index in [0.717, 1.165) is 5.56 Å². The number of carboxylic acid groups (broad SMARTS) is 1. The molecule has 0 atom stereocenters. The maximum Gasteiger partial charge on any atom is 0.338 e. The van der Waals surface area contributed by atoms with Crippen molar-refractivity contribution in [3.05, 3.63) is 166 Å². The number of esters is 3. The van der Waals surface area contributed by atoms with Crippen molar-refractivity contribution in [2.24, 2.45) is 0 Å². The molecule has 16 heteroatoms. The first-order valence-electron chi connectivity index (χ1n) is 23.3. The van der Waals surface area contributed by atoms with Gasteiger partial charge in [0.25, 0.3) is 11.8 Å². The molecule has 0 saturated heterocycles. The normalized spacial score (nSPS) is 11.1. The van der Waals surface area contributed by atoms with Gasteiger partial charge in [-0.25, -0.2) is 18.4 Å². The predicted octanol–water partition coefficient (Wildman–Crippen LogP) is 11.4. The number of aromatic carboxylic acids is 1. The Morgan fingerprint density at radius 2 is 0.959 bits per heavy atom. The van der Waals surface area contributed by atoms with Crippen molar-refractivity contribution >= 4 is 57.6 Å². The number of amides is 2. The highest BCUT2D eigenvalue weighted by Crippen LogP contribution is 2.41. The van der Waals surface area contributed by atoms with Crippen LogP contribution in [0.4, 0.5) is 8.78 Å². The summed E-state index contributed by atoms with van der Waals surface area (Å²) in [5.41, 5.74) is 6.43. The first-order valence-corrected chi connectivity index (χ1v) is 23.3. The molecule has 380 valence electrons. The van der Waals surface area contributed by atoms with E-state index in [1.165, 1.54) is 76.8 Å². The Labute approximate surface area is 424 Å². The van der Waals surface area contributed by atoms with Gasteiger partial charge in [0.05, 0.1) is 36.5 Å². The second kappa shape index (κ2) is 22.7. The van der Waals surface area contributed by atoms with Crippen molar-refractivity contribution < 1.29 is 65.7 Å². The summed E-state index contributed by atoms with van der Waals surface area (Å²) in [6.45, 7) is 5.39. The number of ether oxygens (including phenoxy) is 3. The van der Waals surface area contributed by atoms with E-state index >= 15 is 0 Å². The quantitative estimate of drug-likeness (QED) is 0.0688. The summed E-state index contributed by atoms with van der Waals surface area (Å²) >= 11 is 0. The summed E-state index contributed by atoms with van der Waals surface area (Å²) in [6, 6.07) is 31.8. The zero-order valence-corrected chi connectivity index (χ0v) is 41.6. The van der Waals surface area contributed by atoms with Crippen LogP contribution >= 0.6 is 0 Å². The van der Waals surface area contributed by atoms with E-state index in [0.29, 0.717) is 90.6 Å². The minimum Gasteiger partial charge on any atom is -0.478 e. The number of benzene rings is 6. The summed E-state index contributed by atoms with van der Waals surface area (Å²) in [5, 5.41) is 15.8. The molecule has 2 aromatic heterocycles. The molecule has 0 aliphatic rings. The smallest absolute Gasteiger partial charge is 0.338 e. The molecule has 0 saturated carbocycles. The minimum atomic E-state index is -1.07. The molecule has 8 aromatic rings. The molecule has 0 fully saturated rings. The third-order valence-corrected chi connectivity index (χ3v) is 11.8. The van der Waals surface area contributed by atoms with E-state index in [2.05, 4.69) is 10.6 Å². The van der Waals surface area contributed by atoms with Crippen molar-refractivity contribution in [2.45, 2.75) is 52.1 Å². The highest BCUT2D eigenvalue weighted by Gasteiger charge is 2.27. The second-order valence-electron chi connectivity index (χ2n) is 17.9. The zero-order valence-electron chi connectivity index (χ0n) is 41.6. The minimum absolute atomic E-state index is 0.0987. The van der Waals surface area contributed by atoms with Gasteiger partial charge in [0, 0.05) is 48.8 Å². The molecule has 0 radical (unpaired) electrons. The number of aryl methyl sites for hydroxylation is 2. The number of furan rings is 2. The zero-order chi connectivity index (χ0) is 53.4. The van der Waals surface area contributed by atoms with Gasteiger partial charge >= 0.3 is 23.9 Å². The molecule has 0 aliphatic carbocycles. The number of halogens is 2. The Hall–Kier alpha value is -8.92. The van der Waals surface area contributed by atoms with Crippen LogP contribution in [-0.4, -0.2) is 74.7 Å².